The number of nitrogens with zero attached hydrogens (tertiary/aromatic N) is 1. The molecule has 0 saturated carbocycles. The first kappa shape index (κ1) is 18.2. The van der Waals surface area contributed by atoms with Gasteiger partial charge in [-0.15, -0.1) is 0 Å². The summed E-state index contributed by atoms with van der Waals surface area (Å²) in [5.74, 6) is 0.889. The zero-order chi connectivity index (χ0) is 17.5. The lowest BCUT2D eigenvalue weighted by molar-refractivity contribution is -0.127. The number of ether oxygens (including phenoxy) is 1. The van der Waals surface area contributed by atoms with Crippen molar-refractivity contribution in [2.24, 2.45) is 0 Å². The predicted octanol–water partition coefficient (Wildman–Crippen LogP) is 3.32. The van der Waals surface area contributed by atoms with E-state index < -0.39 is 6.10 Å². The van der Waals surface area contributed by atoms with Crippen LogP contribution in [0.4, 0.5) is 0 Å². The largest absolute Gasteiger partial charge is 0.481 e. The van der Waals surface area contributed by atoms with Crippen LogP contribution in [0, 0.1) is 0 Å². The molecule has 1 aliphatic carbocycles. The summed E-state index contributed by atoms with van der Waals surface area (Å²) in [5, 5.41) is 3.03. The molecule has 0 unspecified atom stereocenters. The summed E-state index contributed by atoms with van der Waals surface area (Å²) in [6.07, 6.45) is 9.23. The lowest BCUT2D eigenvalue weighted by atomic mass is 9.91. The molecule has 1 heterocycles. The highest BCUT2D eigenvalue weighted by atomic mass is 16.5. The van der Waals surface area contributed by atoms with Crippen LogP contribution in [-0.4, -0.2) is 43.1 Å². The Hall–Kier alpha value is -1.55. The van der Waals surface area contributed by atoms with E-state index in [9.17, 15) is 4.79 Å². The van der Waals surface area contributed by atoms with Gasteiger partial charge in [0.15, 0.2) is 6.10 Å². The Morgan fingerprint density at radius 3 is 2.80 bits per heavy atom. The standard InChI is InChI=1S/C21H32N2O2/c1-17(21(24)22-13-8-16-23-14-5-2-6-15-23)25-20-12-7-10-18-9-3-4-11-19(18)20/h7,10,12,17H,2-6,8-9,11,13-16H2,1H3,(H,22,24)/t17-/m0/s1. The predicted molar refractivity (Wildman–Crippen MR) is 101 cm³/mol. The molecular formula is C21H32N2O2. The fourth-order valence-corrected chi connectivity index (χ4v) is 3.94. The maximum absolute atomic E-state index is 12.3. The molecule has 2 aliphatic rings. The van der Waals surface area contributed by atoms with Gasteiger partial charge < -0.3 is 15.0 Å². The highest BCUT2D eigenvalue weighted by Gasteiger charge is 2.19. The van der Waals surface area contributed by atoms with Crippen LogP contribution < -0.4 is 10.1 Å². The van der Waals surface area contributed by atoms with Crippen LogP contribution in [0.2, 0.25) is 0 Å². The molecule has 1 N–H and O–H groups in total. The molecule has 4 heteroatoms. The minimum atomic E-state index is -0.441. The smallest absolute Gasteiger partial charge is 0.260 e. The number of amides is 1. The summed E-state index contributed by atoms with van der Waals surface area (Å²) < 4.78 is 6.00. The Bertz CT molecular complexity index is 567. The minimum Gasteiger partial charge on any atom is -0.481 e. The van der Waals surface area contributed by atoms with Gasteiger partial charge in [0.2, 0.25) is 0 Å². The van der Waals surface area contributed by atoms with Gasteiger partial charge in [-0.25, -0.2) is 0 Å². The molecule has 3 rings (SSSR count). The Labute approximate surface area is 151 Å². The van der Waals surface area contributed by atoms with E-state index in [1.54, 1.807) is 0 Å². The van der Waals surface area contributed by atoms with Crippen LogP contribution in [0.3, 0.4) is 0 Å². The Morgan fingerprint density at radius 1 is 1.16 bits per heavy atom. The fraction of sp³-hybridized carbons (Fsp3) is 0.667. The molecule has 1 fully saturated rings. The summed E-state index contributed by atoms with van der Waals surface area (Å²) in [5.41, 5.74) is 2.69. The quantitative estimate of drug-likeness (QED) is 0.772. The van der Waals surface area contributed by atoms with Gasteiger partial charge in [-0.1, -0.05) is 18.6 Å². The summed E-state index contributed by atoms with van der Waals surface area (Å²) in [6.45, 7) is 6.10. The average Bonchev–Trinajstić information content (AvgIpc) is 2.66. The molecule has 1 saturated heterocycles. The molecule has 138 valence electrons. The molecule has 1 aliphatic heterocycles. The zero-order valence-electron chi connectivity index (χ0n) is 15.6. The third kappa shape index (κ3) is 5.21. The zero-order valence-corrected chi connectivity index (χ0v) is 15.6. The molecule has 0 radical (unpaired) electrons. The van der Waals surface area contributed by atoms with Crippen molar-refractivity contribution in [3.8, 4) is 5.75 Å². The monoisotopic (exact) mass is 344 g/mol. The van der Waals surface area contributed by atoms with Crippen molar-refractivity contribution < 1.29 is 9.53 Å². The van der Waals surface area contributed by atoms with Crippen molar-refractivity contribution in [1.29, 1.82) is 0 Å². The van der Waals surface area contributed by atoms with E-state index in [4.69, 9.17) is 4.74 Å². The summed E-state index contributed by atoms with van der Waals surface area (Å²) in [7, 11) is 0. The number of piperidine rings is 1. The first-order valence-corrected chi connectivity index (χ1v) is 10.0. The number of carbonyl (C=O) groups excluding carboxylic acids is 1. The molecule has 4 nitrogen and oxygen atoms in total. The van der Waals surface area contributed by atoms with E-state index in [-0.39, 0.29) is 5.91 Å². The van der Waals surface area contributed by atoms with Crippen molar-refractivity contribution in [2.45, 2.75) is 64.4 Å². The fourth-order valence-electron chi connectivity index (χ4n) is 3.94. The molecule has 1 aromatic rings. The average molecular weight is 344 g/mol. The lowest BCUT2D eigenvalue weighted by Crippen LogP contribution is -2.38. The number of rotatable bonds is 7. The summed E-state index contributed by atoms with van der Waals surface area (Å²) in [4.78, 5) is 14.8. The minimum absolute atomic E-state index is 0.00735. The lowest BCUT2D eigenvalue weighted by Gasteiger charge is -2.26. The second-order valence-electron chi connectivity index (χ2n) is 7.41. The number of fused-ring (bicyclic) bond motifs is 1. The second-order valence-corrected chi connectivity index (χ2v) is 7.41. The van der Waals surface area contributed by atoms with Crippen molar-refractivity contribution in [1.82, 2.24) is 10.2 Å². The van der Waals surface area contributed by atoms with Gasteiger partial charge in [-0.2, -0.15) is 0 Å². The molecule has 0 spiro atoms. The second kappa shape index (κ2) is 9.23. The van der Waals surface area contributed by atoms with E-state index in [0.29, 0.717) is 0 Å². The molecule has 25 heavy (non-hydrogen) atoms. The molecule has 1 amide bonds. The first-order chi connectivity index (χ1) is 12.2. The van der Waals surface area contributed by atoms with Crippen LogP contribution in [0.1, 0.15) is 56.6 Å². The Balaban J connectivity index is 1.42. The van der Waals surface area contributed by atoms with Crippen molar-refractivity contribution in [2.75, 3.05) is 26.2 Å². The maximum atomic E-state index is 12.3. The van der Waals surface area contributed by atoms with Crippen molar-refractivity contribution in [3.05, 3.63) is 29.3 Å². The summed E-state index contributed by atoms with van der Waals surface area (Å²) >= 11 is 0. The number of nitrogens with one attached hydrogen (secondary N) is 1. The van der Waals surface area contributed by atoms with Gasteiger partial charge in [0, 0.05) is 6.54 Å². The molecule has 0 aromatic heterocycles. The highest BCUT2D eigenvalue weighted by Crippen LogP contribution is 2.30. The van der Waals surface area contributed by atoms with Crippen LogP contribution in [0.5, 0.6) is 5.75 Å². The number of hydrogen-bond donors (Lipinski definition) is 1. The number of carbonyl (C=O) groups is 1. The van der Waals surface area contributed by atoms with E-state index in [2.05, 4.69) is 16.3 Å². The normalized spacial score (nSPS) is 19.1. The SMILES string of the molecule is C[C@H](Oc1cccc2c1CCCC2)C(=O)NCCCN1CCCCC1. The highest BCUT2D eigenvalue weighted by molar-refractivity contribution is 5.80. The van der Waals surface area contributed by atoms with Crippen molar-refractivity contribution in [3.63, 3.8) is 0 Å². The number of likely N-dealkylation sites (tertiary alicyclic amines) is 1. The Kier molecular flexibility index (Phi) is 6.74. The number of benzene rings is 1. The van der Waals surface area contributed by atoms with E-state index in [1.165, 1.54) is 56.3 Å². The topological polar surface area (TPSA) is 41.6 Å². The molecule has 1 aromatic carbocycles. The van der Waals surface area contributed by atoms with Gasteiger partial charge >= 0.3 is 0 Å². The molecular weight excluding hydrogens is 312 g/mol. The van der Waals surface area contributed by atoms with Gasteiger partial charge in [-0.3, -0.25) is 4.79 Å². The first-order valence-electron chi connectivity index (χ1n) is 10.0. The number of aryl methyl sites for hydroxylation is 1. The number of hydrogen-bond acceptors (Lipinski definition) is 3. The van der Waals surface area contributed by atoms with Crippen LogP contribution in [0.25, 0.3) is 0 Å². The van der Waals surface area contributed by atoms with E-state index in [1.807, 2.05) is 19.1 Å². The third-order valence-electron chi connectivity index (χ3n) is 5.42. The van der Waals surface area contributed by atoms with Gasteiger partial charge in [-0.05, 0) is 88.7 Å². The van der Waals surface area contributed by atoms with Crippen LogP contribution >= 0.6 is 0 Å². The van der Waals surface area contributed by atoms with Crippen molar-refractivity contribution >= 4 is 5.91 Å². The van der Waals surface area contributed by atoms with Crippen LogP contribution in [0.15, 0.2) is 18.2 Å². The Morgan fingerprint density at radius 2 is 1.96 bits per heavy atom. The molecule has 0 bridgehead atoms. The van der Waals surface area contributed by atoms with Gasteiger partial charge in [0.1, 0.15) is 5.75 Å². The third-order valence-corrected chi connectivity index (χ3v) is 5.42. The van der Waals surface area contributed by atoms with E-state index >= 15 is 0 Å². The van der Waals surface area contributed by atoms with Crippen LogP contribution in [-0.2, 0) is 17.6 Å². The molecule has 1 atom stereocenters. The van der Waals surface area contributed by atoms with E-state index in [0.717, 1.165) is 38.1 Å². The maximum Gasteiger partial charge on any atom is 0.260 e. The van der Waals surface area contributed by atoms with Gasteiger partial charge in [0.25, 0.3) is 5.91 Å². The summed E-state index contributed by atoms with van der Waals surface area (Å²) in [6, 6.07) is 6.24. The van der Waals surface area contributed by atoms with Gasteiger partial charge in [0.05, 0.1) is 0 Å².